The second-order valence-corrected chi connectivity index (χ2v) is 7.87. The van der Waals surface area contributed by atoms with E-state index < -0.39 is 0 Å². The average molecular weight is 392 g/mol. The molecule has 0 bridgehead atoms. The van der Waals surface area contributed by atoms with Gasteiger partial charge in [0.05, 0.1) is 6.04 Å². The standard InChI is InChI=1S/C22H29N7/c1-16(20-24-21(23)26-22(25-20)27(2)3)29-13-11-28(12-14-29)15-18-9-6-8-17-7-4-5-10-19(17)18/h4-10,16H,11-15H2,1-3H3,(H2,23,24,25,26)/t16-/m1/s1. The van der Waals surface area contributed by atoms with Crippen LogP contribution >= 0.6 is 0 Å². The summed E-state index contributed by atoms with van der Waals surface area (Å²) in [5.41, 5.74) is 7.30. The van der Waals surface area contributed by atoms with E-state index in [0.29, 0.717) is 5.95 Å². The number of nitrogens with zero attached hydrogens (tertiary/aromatic N) is 6. The van der Waals surface area contributed by atoms with Crippen molar-refractivity contribution >= 4 is 22.7 Å². The van der Waals surface area contributed by atoms with E-state index >= 15 is 0 Å². The van der Waals surface area contributed by atoms with Crippen LogP contribution in [-0.2, 0) is 6.54 Å². The van der Waals surface area contributed by atoms with Crippen molar-refractivity contribution in [2.75, 3.05) is 50.9 Å². The summed E-state index contributed by atoms with van der Waals surface area (Å²) >= 11 is 0. The van der Waals surface area contributed by atoms with E-state index in [-0.39, 0.29) is 12.0 Å². The van der Waals surface area contributed by atoms with Gasteiger partial charge in [-0.05, 0) is 23.3 Å². The first-order valence-corrected chi connectivity index (χ1v) is 10.1. The molecular formula is C22H29N7. The molecule has 1 aliphatic heterocycles. The molecule has 2 aromatic carbocycles. The van der Waals surface area contributed by atoms with Crippen LogP contribution in [0.5, 0.6) is 0 Å². The minimum atomic E-state index is 0.110. The minimum absolute atomic E-state index is 0.110. The SMILES string of the molecule is C[C@H](c1nc(N)nc(N(C)C)n1)N1CCN(Cc2cccc3ccccc23)CC1. The van der Waals surface area contributed by atoms with Gasteiger partial charge >= 0.3 is 0 Å². The molecule has 7 heteroatoms. The van der Waals surface area contributed by atoms with Crippen LogP contribution in [0.4, 0.5) is 11.9 Å². The lowest BCUT2D eigenvalue weighted by atomic mass is 10.0. The van der Waals surface area contributed by atoms with Crippen LogP contribution in [-0.4, -0.2) is 65.0 Å². The number of nitrogens with two attached hydrogens (primary N) is 1. The molecule has 2 N–H and O–H groups in total. The Morgan fingerprint density at radius 3 is 2.45 bits per heavy atom. The highest BCUT2D eigenvalue weighted by Crippen LogP contribution is 2.23. The van der Waals surface area contributed by atoms with Gasteiger partial charge in [-0.2, -0.15) is 15.0 Å². The highest BCUT2D eigenvalue weighted by atomic mass is 15.3. The third-order valence-electron chi connectivity index (χ3n) is 5.66. The molecular weight excluding hydrogens is 362 g/mol. The fraction of sp³-hybridized carbons (Fsp3) is 0.409. The molecule has 1 aromatic heterocycles. The van der Waals surface area contributed by atoms with Gasteiger partial charge in [-0.15, -0.1) is 0 Å². The van der Waals surface area contributed by atoms with Crippen molar-refractivity contribution in [2.24, 2.45) is 0 Å². The average Bonchev–Trinajstić information content (AvgIpc) is 2.73. The first-order chi connectivity index (χ1) is 14.0. The lowest BCUT2D eigenvalue weighted by Gasteiger charge is -2.37. The van der Waals surface area contributed by atoms with Crippen LogP contribution in [0.15, 0.2) is 42.5 Å². The zero-order valence-corrected chi connectivity index (χ0v) is 17.4. The van der Waals surface area contributed by atoms with Crippen LogP contribution in [0, 0.1) is 0 Å². The van der Waals surface area contributed by atoms with Gasteiger partial charge in [0, 0.05) is 46.8 Å². The lowest BCUT2D eigenvalue weighted by Crippen LogP contribution is -2.47. The molecule has 0 saturated carbocycles. The third kappa shape index (κ3) is 4.31. The highest BCUT2D eigenvalue weighted by molar-refractivity contribution is 5.85. The van der Waals surface area contributed by atoms with Gasteiger partial charge in [-0.25, -0.2) is 0 Å². The molecule has 0 radical (unpaired) electrons. The van der Waals surface area contributed by atoms with Gasteiger partial charge < -0.3 is 10.6 Å². The number of benzene rings is 2. The Balaban J connectivity index is 1.42. The maximum atomic E-state index is 5.90. The Morgan fingerprint density at radius 2 is 1.69 bits per heavy atom. The van der Waals surface area contributed by atoms with Gasteiger partial charge in [0.25, 0.3) is 0 Å². The Bertz CT molecular complexity index is 975. The summed E-state index contributed by atoms with van der Waals surface area (Å²) in [6.07, 6.45) is 0. The van der Waals surface area contributed by atoms with Crippen LogP contribution in [0.1, 0.15) is 24.4 Å². The van der Waals surface area contributed by atoms with Crippen molar-refractivity contribution in [3.8, 4) is 0 Å². The van der Waals surface area contributed by atoms with E-state index in [4.69, 9.17) is 5.73 Å². The zero-order valence-electron chi connectivity index (χ0n) is 17.4. The second-order valence-electron chi connectivity index (χ2n) is 7.87. The predicted octanol–water partition coefficient (Wildman–Crippen LogP) is 2.55. The molecule has 1 atom stereocenters. The molecule has 0 unspecified atom stereocenters. The molecule has 1 fully saturated rings. The molecule has 3 aromatic rings. The number of aromatic nitrogens is 3. The maximum absolute atomic E-state index is 5.90. The fourth-order valence-corrected chi connectivity index (χ4v) is 3.93. The van der Waals surface area contributed by atoms with Crippen LogP contribution in [0.25, 0.3) is 10.8 Å². The summed E-state index contributed by atoms with van der Waals surface area (Å²) in [6.45, 7) is 7.13. The Hall–Kier alpha value is -2.77. The molecule has 0 amide bonds. The quantitative estimate of drug-likeness (QED) is 0.716. The molecule has 1 aliphatic rings. The molecule has 152 valence electrons. The van der Waals surface area contributed by atoms with Crippen molar-refractivity contribution in [1.82, 2.24) is 24.8 Å². The van der Waals surface area contributed by atoms with Crippen molar-refractivity contribution in [3.63, 3.8) is 0 Å². The third-order valence-corrected chi connectivity index (χ3v) is 5.66. The summed E-state index contributed by atoms with van der Waals surface area (Å²) in [5.74, 6) is 1.62. The number of anilines is 2. The molecule has 0 spiro atoms. The van der Waals surface area contributed by atoms with E-state index in [1.807, 2.05) is 19.0 Å². The normalized spacial score (nSPS) is 16.8. The number of hydrogen-bond donors (Lipinski definition) is 1. The molecule has 7 nitrogen and oxygen atoms in total. The van der Waals surface area contributed by atoms with E-state index in [0.717, 1.165) is 38.5 Å². The largest absolute Gasteiger partial charge is 0.368 e. The number of hydrogen-bond acceptors (Lipinski definition) is 7. The summed E-state index contributed by atoms with van der Waals surface area (Å²) in [4.78, 5) is 20.0. The van der Waals surface area contributed by atoms with Crippen molar-refractivity contribution < 1.29 is 0 Å². The minimum Gasteiger partial charge on any atom is -0.368 e. The topological polar surface area (TPSA) is 74.4 Å². The number of piperazine rings is 1. The van der Waals surface area contributed by atoms with Gasteiger partial charge in [-0.1, -0.05) is 42.5 Å². The Labute approximate surface area is 172 Å². The highest BCUT2D eigenvalue weighted by Gasteiger charge is 2.25. The van der Waals surface area contributed by atoms with Crippen LogP contribution < -0.4 is 10.6 Å². The Kier molecular flexibility index (Phi) is 5.60. The molecule has 4 rings (SSSR count). The molecule has 29 heavy (non-hydrogen) atoms. The number of rotatable bonds is 5. The first kappa shape index (κ1) is 19.5. The van der Waals surface area contributed by atoms with E-state index in [9.17, 15) is 0 Å². The van der Waals surface area contributed by atoms with Gasteiger partial charge in [0.2, 0.25) is 11.9 Å². The maximum Gasteiger partial charge on any atom is 0.229 e. The zero-order chi connectivity index (χ0) is 20.4. The van der Waals surface area contributed by atoms with Gasteiger partial charge in [-0.3, -0.25) is 9.80 Å². The summed E-state index contributed by atoms with van der Waals surface area (Å²) in [7, 11) is 3.82. The molecule has 0 aliphatic carbocycles. The van der Waals surface area contributed by atoms with Crippen LogP contribution in [0.3, 0.4) is 0 Å². The second kappa shape index (κ2) is 8.31. The van der Waals surface area contributed by atoms with E-state index in [1.165, 1.54) is 16.3 Å². The lowest BCUT2D eigenvalue weighted by molar-refractivity contribution is 0.0950. The monoisotopic (exact) mass is 391 g/mol. The summed E-state index contributed by atoms with van der Waals surface area (Å²) in [6, 6.07) is 15.3. The predicted molar refractivity (Wildman–Crippen MR) is 118 cm³/mol. The molecule has 2 heterocycles. The number of nitrogen functional groups attached to an aromatic ring is 1. The first-order valence-electron chi connectivity index (χ1n) is 10.1. The smallest absolute Gasteiger partial charge is 0.229 e. The molecule has 1 saturated heterocycles. The van der Waals surface area contributed by atoms with Crippen molar-refractivity contribution in [3.05, 3.63) is 53.9 Å². The van der Waals surface area contributed by atoms with Gasteiger partial charge in [0.15, 0.2) is 5.82 Å². The van der Waals surface area contributed by atoms with E-state index in [1.54, 1.807) is 0 Å². The van der Waals surface area contributed by atoms with Crippen LogP contribution in [0.2, 0.25) is 0 Å². The van der Waals surface area contributed by atoms with Crippen molar-refractivity contribution in [1.29, 1.82) is 0 Å². The summed E-state index contributed by atoms with van der Waals surface area (Å²) < 4.78 is 0. The van der Waals surface area contributed by atoms with E-state index in [2.05, 4.69) is 74.1 Å². The number of fused-ring (bicyclic) bond motifs is 1. The fourth-order valence-electron chi connectivity index (χ4n) is 3.93. The van der Waals surface area contributed by atoms with Gasteiger partial charge in [0.1, 0.15) is 0 Å². The van der Waals surface area contributed by atoms with Crippen molar-refractivity contribution in [2.45, 2.75) is 19.5 Å². The Morgan fingerprint density at radius 1 is 0.966 bits per heavy atom. The summed E-state index contributed by atoms with van der Waals surface area (Å²) in [5, 5.41) is 2.66.